The fraction of sp³-hybridized carbons (Fsp3) is 0.250. The standard InChI is InChI=1S/C20H21ClN2O2/c1-13-16-5-4-6-17(21)19(16)25-18(13)20(24)22-15-9-7-14(8-10-15)11-12-23(2)3/h4-10H,11-12H2,1-3H3,(H,22,24). The van der Waals surface area contributed by atoms with Gasteiger partial charge in [-0.2, -0.15) is 0 Å². The first kappa shape index (κ1) is 17.5. The molecule has 1 amide bonds. The molecular weight excluding hydrogens is 336 g/mol. The molecule has 4 nitrogen and oxygen atoms in total. The summed E-state index contributed by atoms with van der Waals surface area (Å²) in [6.45, 7) is 2.85. The Hall–Kier alpha value is -2.30. The van der Waals surface area contributed by atoms with Gasteiger partial charge in [-0.05, 0) is 51.2 Å². The summed E-state index contributed by atoms with van der Waals surface area (Å²) in [7, 11) is 4.10. The lowest BCUT2D eigenvalue weighted by atomic mass is 10.1. The zero-order chi connectivity index (χ0) is 18.0. The minimum Gasteiger partial charge on any atom is -0.449 e. The van der Waals surface area contributed by atoms with E-state index in [0.717, 1.165) is 29.6 Å². The first-order valence-corrected chi connectivity index (χ1v) is 8.56. The van der Waals surface area contributed by atoms with Crippen molar-refractivity contribution in [2.24, 2.45) is 0 Å². The maximum absolute atomic E-state index is 12.6. The molecule has 25 heavy (non-hydrogen) atoms. The zero-order valence-corrected chi connectivity index (χ0v) is 15.4. The van der Waals surface area contributed by atoms with E-state index < -0.39 is 0 Å². The van der Waals surface area contributed by atoms with Gasteiger partial charge in [0.1, 0.15) is 0 Å². The van der Waals surface area contributed by atoms with Crippen LogP contribution in [-0.2, 0) is 6.42 Å². The summed E-state index contributed by atoms with van der Waals surface area (Å²) in [5, 5.41) is 4.25. The van der Waals surface area contributed by atoms with Gasteiger partial charge in [0.15, 0.2) is 11.3 Å². The fourth-order valence-corrected chi connectivity index (χ4v) is 2.93. The molecule has 0 aliphatic heterocycles. The second-order valence-electron chi connectivity index (χ2n) is 6.38. The lowest BCUT2D eigenvalue weighted by Gasteiger charge is -2.10. The number of para-hydroxylation sites is 1. The van der Waals surface area contributed by atoms with Gasteiger partial charge < -0.3 is 14.6 Å². The van der Waals surface area contributed by atoms with Crippen LogP contribution in [0, 0.1) is 6.92 Å². The van der Waals surface area contributed by atoms with Gasteiger partial charge in [-0.1, -0.05) is 35.9 Å². The zero-order valence-electron chi connectivity index (χ0n) is 14.6. The molecule has 5 heteroatoms. The summed E-state index contributed by atoms with van der Waals surface area (Å²) in [5.41, 5.74) is 3.31. The molecule has 2 aromatic carbocycles. The molecule has 1 aromatic heterocycles. The van der Waals surface area contributed by atoms with Crippen molar-refractivity contribution in [3.8, 4) is 0 Å². The van der Waals surface area contributed by atoms with Gasteiger partial charge in [-0.25, -0.2) is 0 Å². The molecule has 3 rings (SSSR count). The van der Waals surface area contributed by atoms with E-state index in [2.05, 4.69) is 24.3 Å². The average Bonchev–Trinajstić information content (AvgIpc) is 2.93. The summed E-state index contributed by atoms with van der Waals surface area (Å²) in [5.74, 6) is 0.0191. The highest BCUT2D eigenvalue weighted by molar-refractivity contribution is 6.35. The molecule has 0 spiro atoms. The van der Waals surface area contributed by atoms with Crippen molar-refractivity contribution in [2.75, 3.05) is 26.0 Å². The number of hydrogen-bond donors (Lipinski definition) is 1. The maximum Gasteiger partial charge on any atom is 0.291 e. The molecule has 3 aromatic rings. The van der Waals surface area contributed by atoms with Crippen molar-refractivity contribution in [1.82, 2.24) is 4.90 Å². The van der Waals surface area contributed by atoms with Crippen molar-refractivity contribution in [3.05, 3.63) is 64.4 Å². The smallest absolute Gasteiger partial charge is 0.291 e. The number of benzene rings is 2. The first-order chi connectivity index (χ1) is 12.0. The quantitative estimate of drug-likeness (QED) is 0.717. The number of nitrogens with zero attached hydrogens (tertiary/aromatic N) is 1. The molecule has 0 saturated heterocycles. The Balaban J connectivity index is 1.76. The lowest BCUT2D eigenvalue weighted by molar-refractivity contribution is 0.0998. The van der Waals surface area contributed by atoms with E-state index in [9.17, 15) is 4.79 Å². The molecule has 1 heterocycles. The Morgan fingerprint density at radius 3 is 2.52 bits per heavy atom. The Labute approximate surface area is 152 Å². The summed E-state index contributed by atoms with van der Waals surface area (Å²) in [6, 6.07) is 13.4. The van der Waals surface area contributed by atoms with Crippen molar-refractivity contribution in [3.63, 3.8) is 0 Å². The van der Waals surface area contributed by atoms with Crippen molar-refractivity contribution in [1.29, 1.82) is 0 Å². The van der Waals surface area contributed by atoms with Gasteiger partial charge in [0.2, 0.25) is 0 Å². The van der Waals surface area contributed by atoms with E-state index >= 15 is 0 Å². The van der Waals surface area contributed by atoms with Crippen LogP contribution < -0.4 is 5.32 Å². The van der Waals surface area contributed by atoms with Gasteiger partial charge in [-0.3, -0.25) is 4.79 Å². The van der Waals surface area contributed by atoms with E-state index in [0.29, 0.717) is 16.4 Å². The van der Waals surface area contributed by atoms with Gasteiger partial charge in [-0.15, -0.1) is 0 Å². The number of carbonyl (C=O) groups is 1. The van der Waals surface area contributed by atoms with Crippen molar-refractivity contribution in [2.45, 2.75) is 13.3 Å². The monoisotopic (exact) mass is 356 g/mol. The maximum atomic E-state index is 12.6. The molecule has 0 atom stereocenters. The number of likely N-dealkylation sites (N-methyl/N-ethyl adjacent to an activating group) is 1. The number of halogens is 1. The third kappa shape index (κ3) is 3.86. The number of anilines is 1. The first-order valence-electron chi connectivity index (χ1n) is 8.18. The van der Waals surface area contributed by atoms with E-state index in [1.807, 2.05) is 43.3 Å². The van der Waals surface area contributed by atoms with Crippen LogP contribution in [0.5, 0.6) is 0 Å². The second-order valence-corrected chi connectivity index (χ2v) is 6.78. The number of furan rings is 1. The minimum atomic E-state index is -0.272. The number of amides is 1. The number of carbonyl (C=O) groups excluding carboxylic acids is 1. The molecular formula is C20H21ClN2O2. The normalized spacial score (nSPS) is 11.2. The third-order valence-corrected chi connectivity index (χ3v) is 4.48. The van der Waals surface area contributed by atoms with Gasteiger partial charge >= 0.3 is 0 Å². The topological polar surface area (TPSA) is 45.5 Å². The number of aryl methyl sites for hydroxylation is 1. The van der Waals surface area contributed by atoms with Crippen LogP contribution in [-0.4, -0.2) is 31.4 Å². The molecule has 0 fully saturated rings. The lowest BCUT2D eigenvalue weighted by Crippen LogP contribution is -2.15. The second kappa shape index (κ2) is 7.30. The molecule has 0 saturated carbocycles. The molecule has 1 N–H and O–H groups in total. The van der Waals surface area contributed by atoms with Gasteiger partial charge in [0, 0.05) is 23.2 Å². The predicted octanol–water partition coefficient (Wildman–Crippen LogP) is 4.75. The third-order valence-electron chi connectivity index (χ3n) is 4.18. The number of fused-ring (bicyclic) bond motifs is 1. The van der Waals surface area contributed by atoms with Crippen molar-refractivity contribution >= 4 is 34.2 Å². The molecule has 0 aliphatic rings. The highest BCUT2D eigenvalue weighted by Gasteiger charge is 2.19. The largest absolute Gasteiger partial charge is 0.449 e. The van der Waals surface area contributed by atoms with Crippen molar-refractivity contribution < 1.29 is 9.21 Å². The van der Waals surface area contributed by atoms with Gasteiger partial charge in [0.05, 0.1) is 5.02 Å². The SMILES string of the molecule is Cc1c(C(=O)Nc2ccc(CCN(C)C)cc2)oc2c(Cl)cccc12. The number of hydrogen-bond acceptors (Lipinski definition) is 3. The minimum absolute atomic E-state index is 0.272. The molecule has 0 unspecified atom stereocenters. The number of nitrogens with one attached hydrogen (secondary N) is 1. The van der Waals surface area contributed by atoms with Crippen LogP contribution in [0.1, 0.15) is 21.7 Å². The highest BCUT2D eigenvalue weighted by Crippen LogP contribution is 2.31. The van der Waals surface area contributed by atoms with E-state index in [4.69, 9.17) is 16.0 Å². The van der Waals surface area contributed by atoms with E-state index in [1.165, 1.54) is 5.56 Å². The van der Waals surface area contributed by atoms with Crippen LogP contribution in [0.15, 0.2) is 46.9 Å². The molecule has 130 valence electrons. The summed E-state index contributed by atoms with van der Waals surface area (Å²) in [6.07, 6.45) is 0.975. The Morgan fingerprint density at radius 2 is 1.88 bits per heavy atom. The molecule has 0 aliphatic carbocycles. The summed E-state index contributed by atoms with van der Waals surface area (Å²) >= 11 is 6.15. The van der Waals surface area contributed by atoms with E-state index in [1.54, 1.807) is 6.07 Å². The summed E-state index contributed by atoms with van der Waals surface area (Å²) < 4.78 is 5.70. The highest BCUT2D eigenvalue weighted by atomic mass is 35.5. The van der Waals surface area contributed by atoms with Crippen LogP contribution in [0.3, 0.4) is 0 Å². The van der Waals surface area contributed by atoms with Crippen LogP contribution in [0.25, 0.3) is 11.0 Å². The summed E-state index contributed by atoms with van der Waals surface area (Å²) in [4.78, 5) is 14.7. The predicted molar refractivity (Wildman–Crippen MR) is 103 cm³/mol. The van der Waals surface area contributed by atoms with Crippen LogP contribution in [0.2, 0.25) is 5.02 Å². The Bertz CT molecular complexity index is 898. The molecule has 0 bridgehead atoms. The van der Waals surface area contributed by atoms with E-state index in [-0.39, 0.29) is 5.91 Å². The van der Waals surface area contributed by atoms with Crippen LogP contribution >= 0.6 is 11.6 Å². The average molecular weight is 357 g/mol. The number of rotatable bonds is 5. The van der Waals surface area contributed by atoms with Gasteiger partial charge in [0.25, 0.3) is 5.91 Å². The molecule has 0 radical (unpaired) electrons. The Morgan fingerprint density at radius 1 is 1.16 bits per heavy atom. The fourth-order valence-electron chi connectivity index (χ4n) is 2.72. The van der Waals surface area contributed by atoms with Crippen LogP contribution in [0.4, 0.5) is 5.69 Å². The Kier molecular flexibility index (Phi) is 5.11.